The van der Waals surface area contributed by atoms with E-state index in [1.807, 2.05) is 51.1 Å². The number of anilines is 1. The Kier molecular flexibility index (Phi) is 7.25. The third-order valence-corrected chi connectivity index (χ3v) is 6.97. The molecule has 0 radical (unpaired) electrons. The number of pyridine rings is 2. The molecule has 32 heavy (non-hydrogen) atoms. The topological polar surface area (TPSA) is 83.5 Å². The summed E-state index contributed by atoms with van der Waals surface area (Å²) in [5, 5.41) is -0.0585. The molecule has 0 atom stereocenters. The molecule has 8 heteroatoms. The highest BCUT2D eigenvalue weighted by atomic mass is 32.2. The fourth-order valence-electron chi connectivity index (χ4n) is 3.35. The van der Waals surface area contributed by atoms with Gasteiger partial charge in [-0.2, -0.15) is 8.42 Å². The van der Waals surface area contributed by atoms with Crippen LogP contribution in [0.15, 0.2) is 65.8 Å². The zero-order chi connectivity index (χ0) is 23.3. The number of hydrogen-bond donors (Lipinski definition) is 0. The summed E-state index contributed by atoms with van der Waals surface area (Å²) < 4.78 is 28.3. The standard InChI is InChI=1S/C24H28N4O3S/c1-5-27(16-21-10-6-9-20(4)26-21)23(29)17-28(22-13-11-18(2)12-14-22)32(30,31)24-19(3)8-7-15-25-24/h6-15H,5,16-17H2,1-4H3. The van der Waals surface area contributed by atoms with Gasteiger partial charge in [-0.1, -0.05) is 29.8 Å². The maximum atomic E-state index is 13.6. The first-order chi connectivity index (χ1) is 15.2. The van der Waals surface area contributed by atoms with Gasteiger partial charge in [0.1, 0.15) is 6.54 Å². The normalized spacial score (nSPS) is 11.2. The quantitative estimate of drug-likeness (QED) is 0.521. The van der Waals surface area contributed by atoms with E-state index in [9.17, 15) is 13.2 Å². The Bertz CT molecular complexity index is 1190. The van der Waals surface area contributed by atoms with Gasteiger partial charge in [-0.3, -0.25) is 14.1 Å². The molecule has 2 heterocycles. The van der Waals surface area contributed by atoms with Crippen LogP contribution < -0.4 is 4.31 Å². The van der Waals surface area contributed by atoms with E-state index in [0.717, 1.165) is 21.3 Å². The SMILES string of the molecule is CCN(Cc1cccc(C)n1)C(=O)CN(c1ccc(C)cc1)S(=O)(=O)c1ncccc1C. The highest BCUT2D eigenvalue weighted by molar-refractivity contribution is 7.92. The second-order valence-corrected chi connectivity index (χ2v) is 9.43. The van der Waals surface area contributed by atoms with Crippen LogP contribution in [0, 0.1) is 20.8 Å². The van der Waals surface area contributed by atoms with E-state index in [1.165, 1.54) is 6.20 Å². The van der Waals surface area contributed by atoms with E-state index in [0.29, 0.717) is 24.3 Å². The van der Waals surface area contributed by atoms with Gasteiger partial charge in [0.15, 0.2) is 5.03 Å². The number of amides is 1. The molecule has 3 aromatic rings. The third kappa shape index (κ3) is 5.31. The van der Waals surface area contributed by atoms with Crippen LogP contribution in [0.3, 0.4) is 0 Å². The molecule has 1 aromatic carbocycles. The number of sulfonamides is 1. The summed E-state index contributed by atoms with van der Waals surface area (Å²) >= 11 is 0. The predicted octanol–water partition coefficient (Wildman–Crippen LogP) is 3.65. The maximum absolute atomic E-state index is 13.6. The lowest BCUT2D eigenvalue weighted by Gasteiger charge is -2.28. The first-order valence-electron chi connectivity index (χ1n) is 10.4. The Hall–Kier alpha value is -3.26. The van der Waals surface area contributed by atoms with Crippen molar-refractivity contribution < 1.29 is 13.2 Å². The lowest BCUT2D eigenvalue weighted by molar-refractivity contribution is -0.130. The molecule has 1 amide bonds. The summed E-state index contributed by atoms with van der Waals surface area (Å²) in [4.78, 5) is 23.4. The fourth-order valence-corrected chi connectivity index (χ4v) is 4.91. The number of aromatic nitrogens is 2. The highest BCUT2D eigenvalue weighted by Crippen LogP contribution is 2.25. The smallest absolute Gasteiger partial charge is 0.282 e. The maximum Gasteiger partial charge on any atom is 0.282 e. The van der Waals surface area contributed by atoms with Crippen molar-refractivity contribution in [2.45, 2.75) is 39.3 Å². The molecule has 0 bridgehead atoms. The minimum Gasteiger partial charge on any atom is -0.336 e. The van der Waals surface area contributed by atoms with Crippen LogP contribution in [0.5, 0.6) is 0 Å². The van der Waals surface area contributed by atoms with E-state index in [2.05, 4.69) is 9.97 Å². The van der Waals surface area contributed by atoms with E-state index >= 15 is 0 Å². The molecular weight excluding hydrogens is 424 g/mol. The Morgan fingerprint density at radius 1 is 0.969 bits per heavy atom. The Labute approximate surface area is 189 Å². The molecule has 168 valence electrons. The molecule has 7 nitrogen and oxygen atoms in total. The van der Waals surface area contributed by atoms with Gasteiger partial charge in [-0.15, -0.1) is 0 Å². The number of likely N-dealkylation sites (N-methyl/N-ethyl adjacent to an activating group) is 1. The summed E-state index contributed by atoms with van der Waals surface area (Å²) in [5.74, 6) is -0.312. The molecule has 0 N–H and O–H groups in total. The lowest BCUT2D eigenvalue weighted by Crippen LogP contribution is -2.43. The third-order valence-electron chi connectivity index (χ3n) is 5.13. The summed E-state index contributed by atoms with van der Waals surface area (Å²) in [6, 6.07) is 16.1. The van der Waals surface area contributed by atoms with Crippen molar-refractivity contribution in [3.63, 3.8) is 0 Å². The molecule has 2 aromatic heterocycles. The second-order valence-electron chi connectivity index (χ2n) is 7.65. The zero-order valence-electron chi connectivity index (χ0n) is 18.8. The fraction of sp³-hybridized carbons (Fsp3) is 0.292. The van der Waals surface area contributed by atoms with Gasteiger partial charge in [0.2, 0.25) is 5.91 Å². The zero-order valence-corrected chi connectivity index (χ0v) is 19.6. The van der Waals surface area contributed by atoms with Crippen molar-refractivity contribution in [3.05, 3.63) is 83.3 Å². The minimum atomic E-state index is -4.05. The lowest BCUT2D eigenvalue weighted by atomic mass is 10.2. The van der Waals surface area contributed by atoms with Crippen LogP contribution >= 0.6 is 0 Å². The molecule has 0 aliphatic carbocycles. The molecule has 0 fully saturated rings. The number of carbonyl (C=O) groups is 1. The van der Waals surface area contributed by atoms with Gasteiger partial charge in [0, 0.05) is 18.4 Å². The van der Waals surface area contributed by atoms with Gasteiger partial charge in [-0.05, 0) is 63.6 Å². The van der Waals surface area contributed by atoms with Crippen LogP contribution in [-0.4, -0.2) is 42.3 Å². The predicted molar refractivity (Wildman–Crippen MR) is 125 cm³/mol. The molecule has 0 aliphatic rings. The van der Waals surface area contributed by atoms with Crippen molar-refractivity contribution in [3.8, 4) is 0 Å². The molecule has 0 spiro atoms. The molecule has 0 unspecified atom stereocenters. The summed E-state index contributed by atoms with van der Waals surface area (Å²) in [7, 11) is -4.05. The van der Waals surface area contributed by atoms with Gasteiger partial charge < -0.3 is 4.90 Å². The van der Waals surface area contributed by atoms with Crippen LogP contribution in [0.4, 0.5) is 5.69 Å². The first-order valence-corrected chi connectivity index (χ1v) is 11.9. The van der Waals surface area contributed by atoms with E-state index in [-0.39, 0.29) is 17.5 Å². The van der Waals surface area contributed by atoms with E-state index in [4.69, 9.17) is 0 Å². The summed E-state index contributed by atoms with van der Waals surface area (Å²) in [5.41, 5.74) is 3.55. The number of nitrogens with zero attached hydrogens (tertiary/aromatic N) is 4. The van der Waals surface area contributed by atoms with Crippen molar-refractivity contribution in [1.29, 1.82) is 0 Å². The van der Waals surface area contributed by atoms with Gasteiger partial charge in [0.05, 0.1) is 17.9 Å². The van der Waals surface area contributed by atoms with Crippen LogP contribution in [0.25, 0.3) is 0 Å². The number of benzene rings is 1. The number of hydrogen-bond acceptors (Lipinski definition) is 5. The summed E-state index contributed by atoms with van der Waals surface area (Å²) in [6.07, 6.45) is 1.44. The number of aryl methyl sites for hydroxylation is 3. The van der Waals surface area contributed by atoms with Crippen molar-refractivity contribution >= 4 is 21.6 Å². The van der Waals surface area contributed by atoms with Crippen molar-refractivity contribution in [1.82, 2.24) is 14.9 Å². The Morgan fingerprint density at radius 2 is 1.69 bits per heavy atom. The molecule has 0 saturated heterocycles. The van der Waals surface area contributed by atoms with Crippen molar-refractivity contribution in [2.24, 2.45) is 0 Å². The molecular formula is C24H28N4O3S. The Morgan fingerprint density at radius 3 is 2.31 bits per heavy atom. The van der Waals surface area contributed by atoms with Gasteiger partial charge in [0.25, 0.3) is 10.0 Å². The van der Waals surface area contributed by atoms with Crippen molar-refractivity contribution in [2.75, 3.05) is 17.4 Å². The number of carbonyl (C=O) groups excluding carboxylic acids is 1. The molecule has 0 aliphatic heterocycles. The van der Waals surface area contributed by atoms with Gasteiger partial charge in [-0.25, -0.2) is 4.98 Å². The van der Waals surface area contributed by atoms with Crippen LogP contribution in [0.1, 0.15) is 29.4 Å². The van der Waals surface area contributed by atoms with E-state index < -0.39 is 10.0 Å². The second kappa shape index (κ2) is 9.91. The first kappa shape index (κ1) is 23.4. The largest absolute Gasteiger partial charge is 0.336 e. The Balaban J connectivity index is 1.95. The van der Waals surface area contributed by atoms with Crippen LogP contribution in [0.2, 0.25) is 0 Å². The minimum absolute atomic E-state index is 0.0585. The van der Waals surface area contributed by atoms with Gasteiger partial charge >= 0.3 is 0 Å². The van der Waals surface area contributed by atoms with E-state index in [1.54, 1.807) is 36.1 Å². The van der Waals surface area contributed by atoms with Crippen LogP contribution in [-0.2, 0) is 21.4 Å². The monoisotopic (exact) mass is 452 g/mol. The highest BCUT2D eigenvalue weighted by Gasteiger charge is 2.31. The molecule has 0 saturated carbocycles. The summed E-state index contributed by atoms with van der Waals surface area (Å²) in [6.45, 7) is 7.77. The average molecular weight is 453 g/mol. The number of rotatable bonds is 8. The average Bonchev–Trinajstić information content (AvgIpc) is 2.76. The molecule has 3 rings (SSSR count).